The van der Waals surface area contributed by atoms with E-state index in [-0.39, 0.29) is 5.88 Å². The number of anilines is 1. The van der Waals surface area contributed by atoms with Gasteiger partial charge in [0, 0.05) is 17.3 Å². The van der Waals surface area contributed by atoms with Crippen molar-refractivity contribution in [2.24, 2.45) is 0 Å². The molecule has 5 nitrogen and oxygen atoms in total. The fourth-order valence-electron chi connectivity index (χ4n) is 1.76. The normalized spacial score (nSPS) is 10.4. The number of methoxy groups -OCH3 is 1. The number of aromatic nitrogens is 3. The van der Waals surface area contributed by atoms with E-state index in [1.54, 1.807) is 6.07 Å². The topological polar surface area (TPSA) is 73.9 Å². The van der Waals surface area contributed by atoms with Gasteiger partial charge in [0.1, 0.15) is 12.1 Å². The van der Waals surface area contributed by atoms with E-state index >= 15 is 0 Å². The summed E-state index contributed by atoms with van der Waals surface area (Å²) < 4.78 is 19.0. The molecule has 0 aromatic carbocycles. The highest BCUT2D eigenvalue weighted by atomic mass is 19.1. The van der Waals surface area contributed by atoms with Crippen LogP contribution < -0.4 is 10.5 Å². The average molecular weight is 248 g/mol. The zero-order valence-corrected chi connectivity index (χ0v) is 10.1. The molecule has 0 unspecified atom stereocenters. The van der Waals surface area contributed by atoms with E-state index in [1.807, 2.05) is 6.92 Å². The summed E-state index contributed by atoms with van der Waals surface area (Å²) in [6.07, 6.45) is 3.40. The van der Waals surface area contributed by atoms with Gasteiger partial charge in [-0.15, -0.1) is 0 Å². The van der Waals surface area contributed by atoms with Crippen molar-refractivity contribution in [3.05, 3.63) is 30.0 Å². The van der Waals surface area contributed by atoms with Gasteiger partial charge in [-0.05, 0) is 12.5 Å². The van der Waals surface area contributed by atoms with Crippen molar-refractivity contribution >= 4 is 5.82 Å². The molecule has 0 spiro atoms. The monoisotopic (exact) mass is 248 g/mol. The summed E-state index contributed by atoms with van der Waals surface area (Å²) in [4.78, 5) is 11.8. The number of pyridine rings is 1. The van der Waals surface area contributed by atoms with Crippen LogP contribution in [0.5, 0.6) is 5.88 Å². The van der Waals surface area contributed by atoms with E-state index < -0.39 is 5.82 Å². The lowest BCUT2D eigenvalue weighted by atomic mass is 10.1. The summed E-state index contributed by atoms with van der Waals surface area (Å²) >= 11 is 0. The van der Waals surface area contributed by atoms with E-state index in [4.69, 9.17) is 10.5 Å². The van der Waals surface area contributed by atoms with Gasteiger partial charge in [0.2, 0.25) is 0 Å². The van der Waals surface area contributed by atoms with Gasteiger partial charge in [0.15, 0.2) is 5.82 Å². The molecule has 0 aliphatic heterocycles. The average Bonchev–Trinajstić information content (AvgIpc) is 2.39. The molecule has 0 fully saturated rings. The molecule has 0 atom stereocenters. The summed E-state index contributed by atoms with van der Waals surface area (Å²) in [6, 6.07) is 1.54. The van der Waals surface area contributed by atoms with E-state index in [9.17, 15) is 4.39 Å². The number of hydrogen-bond donors (Lipinski definition) is 1. The van der Waals surface area contributed by atoms with Crippen LogP contribution in [0.4, 0.5) is 10.2 Å². The fraction of sp³-hybridized carbons (Fsp3) is 0.250. The lowest BCUT2D eigenvalue weighted by molar-refractivity contribution is 0.370. The van der Waals surface area contributed by atoms with E-state index in [2.05, 4.69) is 15.0 Å². The number of ether oxygens (including phenoxy) is 1. The standard InChI is InChI=1S/C12H13FN4O/c1-3-7-10(16-6-17-11(7)14)8-4-5-15-12(18-2)9(8)13/h4-6H,3H2,1-2H3,(H2,14,16,17). The van der Waals surface area contributed by atoms with Gasteiger partial charge in [-0.1, -0.05) is 6.92 Å². The predicted octanol–water partition coefficient (Wildman–Crippen LogP) is 1.83. The van der Waals surface area contributed by atoms with Gasteiger partial charge < -0.3 is 10.5 Å². The van der Waals surface area contributed by atoms with Gasteiger partial charge in [0.05, 0.1) is 12.8 Å². The smallest absolute Gasteiger partial charge is 0.250 e. The van der Waals surface area contributed by atoms with Crippen LogP contribution in [0.3, 0.4) is 0 Å². The Labute approximate surface area is 104 Å². The van der Waals surface area contributed by atoms with Crippen LogP contribution in [0.25, 0.3) is 11.3 Å². The Bertz CT molecular complexity index is 574. The second-order valence-corrected chi connectivity index (χ2v) is 3.62. The minimum atomic E-state index is -0.548. The molecular formula is C12H13FN4O. The second kappa shape index (κ2) is 4.95. The molecule has 2 aromatic heterocycles. The Morgan fingerprint density at radius 1 is 1.33 bits per heavy atom. The first-order chi connectivity index (χ1) is 8.69. The molecule has 2 N–H and O–H groups in total. The van der Waals surface area contributed by atoms with Crippen LogP contribution in [0.2, 0.25) is 0 Å². The molecule has 0 amide bonds. The SMILES string of the molecule is CCc1c(N)ncnc1-c1ccnc(OC)c1F. The highest BCUT2D eigenvalue weighted by molar-refractivity contribution is 5.68. The molecule has 0 saturated heterocycles. The van der Waals surface area contributed by atoms with Gasteiger partial charge in [-0.25, -0.2) is 19.3 Å². The maximum Gasteiger partial charge on any atom is 0.250 e. The van der Waals surface area contributed by atoms with Crippen molar-refractivity contribution in [3.8, 4) is 17.1 Å². The lowest BCUT2D eigenvalue weighted by Crippen LogP contribution is -2.03. The molecule has 94 valence electrons. The zero-order valence-electron chi connectivity index (χ0n) is 10.1. The van der Waals surface area contributed by atoms with E-state index in [1.165, 1.54) is 19.6 Å². The van der Waals surface area contributed by atoms with Crippen LogP contribution in [0.1, 0.15) is 12.5 Å². The minimum Gasteiger partial charge on any atom is -0.479 e. The van der Waals surface area contributed by atoms with Gasteiger partial charge in [-0.3, -0.25) is 0 Å². The predicted molar refractivity (Wildman–Crippen MR) is 65.6 cm³/mol. The van der Waals surface area contributed by atoms with Crippen LogP contribution in [0, 0.1) is 5.82 Å². The van der Waals surface area contributed by atoms with Gasteiger partial charge in [-0.2, -0.15) is 0 Å². The summed E-state index contributed by atoms with van der Waals surface area (Å²) in [5.74, 6) is -0.253. The molecule has 18 heavy (non-hydrogen) atoms. The summed E-state index contributed by atoms with van der Waals surface area (Å²) in [5, 5.41) is 0. The van der Waals surface area contributed by atoms with Crippen molar-refractivity contribution in [2.75, 3.05) is 12.8 Å². The number of nitrogen functional groups attached to an aromatic ring is 1. The molecule has 6 heteroatoms. The first kappa shape index (κ1) is 12.2. The van der Waals surface area contributed by atoms with Crippen molar-refractivity contribution in [1.29, 1.82) is 0 Å². The second-order valence-electron chi connectivity index (χ2n) is 3.62. The largest absolute Gasteiger partial charge is 0.479 e. The molecule has 0 saturated carbocycles. The van der Waals surface area contributed by atoms with Crippen LogP contribution >= 0.6 is 0 Å². The Morgan fingerprint density at radius 2 is 2.11 bits per heavy atom. The third-order valence-electron chi connectivity index (χ3n) is 2.64. The van der Waals surface area contributed by atoms with Crippen LogP contribution in [-0.2, 0) is 6.42 Å². The minimum absolute atomic E-state index is 0.0632. The molecule has 0 aliphatic rings. The highest BCUT2D eigenvalue weighted by Crippen LogP contribution is 2.29. The maximum absolute atomic E-state index is 14.1. The maximum atomic E-state index is 14.1. The van der Waals surface area contributed by atoms with E-state index in [0.717, 1.165) is 0 Å². The Hall–Kier alpha value is -2.24. The van der Waals surface area contributed by atoms with E-state index in [0.29, 0.717) is 29.1 Å². The highest BCUT2D eigenvalue weighted by Gasteiger charge is 2.17. The Balaban J connectivity index is 2.66. The number of hydrogen-bond acceptors (Lipinski definition) is 5. The molecule has 2 rings (SSSR count). The Kier molecular flexibility index (Phi) is 3.36. The molecular weight excluding hydrogens is 235 g/mol. The quantitative estimate of drug-likeness (QED) is 0.897. The lowest BCUT2D eigenvalue weighted by Gasteiger charge is -2.10. The third kappa shape index (κ3) is 1.97. The molecule has 0 bridgehead atoms. The van der Waals surface area contributed by atoms with Gasteiger partial charge in [0.25, 0.3) is 5.88 Å². The number of nitrogens with zero attached hydrogens (tertiary/aromatic N) is 3. The third-order valence-corrected chi connectivity index (χ3v) is 2.64. The first-order valence-corrected chi connectivity index (χ1v) is 5.47. The molecule has 0 aliphatic carbocycles. The van der Waals surface area contributed by atoms with Crippen LogP contribution in [0.15, 0.2) is 18.6 Å². The van der Waals surface area contributed by atoms with Crippen LogP contribution in [-0.4, -0.2) is 22.1 Å². The van der Waals surface area contributed by atoms with Crippen molar-refractivity contribution in [3.63, 3.8) is 0 Å². The van der Waals surface area contributed by atoms with Gasteiger partial charge >= 0.3 is 0 Å². The first-order valence-electron chi connectivity index (χ1n) is 5.47. The Morgan fingerprint density at radius 3 is 2.78 bits per heavy atom. The number of rotatable bonds is 3. The number of halogens is 1. The van der Waals surface area contributed by atoms with Crippen molar-refractivity contribution in [1.82, 2.24) is 15.0 Å². The molecule has 2 heterocycles. The summed E-state index contributed by atoms with van der Waals surface area (Å²) in [7, 11) is 1.37. The summed E-state index contributed by atoms with van der Waals surface area (Å²) in [6.45, 7) is 1.91. The van der Waals surface area contributed by atoms with Crippen molar-refractivity contribution < 1.29 is 9.13 Å². The summed E-state index contributed by atoms with van der Waals surface area (Å²) in [5.41, 5.74) is 7.27. The van der Waals surface area contributed by atoms with Crippen molar-refractivity contribution in [2.45, 2.75) is 13.3 Å². The number of nitrogens with two attached hydrogens (primary N) is 1. The molecule has 0 radical (unpaired) electrons. The molecule has 2 aromatic rings. The fourth-order valence-corrected chi connectivity index (χ4v) is 1.76. The zero-order chi connectivity index (χ0) is 13.1.